The van der Waals surface area contributed by atoms with E-state index in [0.717, 1.165) is 38.0 Å². The van der Waals surface area contributed by atoms with Crippen molar-refractivity contribution in [2.75, 3.05) is 18.4 Å². The maximum atomic E-state index is 12.6. The molecule has 7 nitrogen and oxygen atoms in total. The molecule has 0 saturated carbocycles. The lowest BCUT2D eigenvalue weighted by molar-refractivity contribution is 0.329. The fraction of sp³-hybridized carbons (Fsp3) is 0.389. The number of hydrogen-bond acceptors (Lipinski definition) is 5. The second-order valence-corrected chi connectivity index (χ2v) is 7.60. The van der Waals surface area contributed by atoms with Crippen molar-refractivity contribution < 1.29 is 0 Å². The van der Waals surface area contributed by atoms with Crippen molar-refractivity contribution >= 4 is 52.6 Å². The van der Waals surface area contributed by atoms with Crippen molar-refractivity contribution in [3.63, 3.8) is 0 Å². The number of anilines is 1. The zero-order valence-electron chi connectivity index (χ0n) is 15.0. The van der Waals surface area contributed by atoms with Crippen LogP contribution in [0.2, 0.25) is 10.0 Å². The smallest absolute Gasteiger partial charge is 0.278 e. The Kier molecular flexibility index (Phi) is 6.82. The van der Waals surface area contributed by atoms with Crippen LogP contribution in [0.25, 0.3) is 11.0 Å². The molecule has 2 aromatic heterocycles. The number of hydrogen-bond donors (Lipinski definition) is 3. The Morgan fingerprint density at radius 1 is 1.29 bits per heavy atom. The first kappa shape index (κ1) is 20.9. The SMILES string of the molecule is Cl.O=c1[nH]c(NCc2ccc(Cl)c(Cl)c2)nc2cnn(CC3CCCNC3)c12. The zero-order chi connectivity index (χ0) is 18.8. The molecule has 1 fully saturated rings. The minimum absolute atomic E-state index is 0. The summed E-state index contributed by atoms with van der Waals surface area (Å²) in [5.41, 5.74) is 1.84. The van der Waals surface area contributed by atoms with E-state index < -0.39 is 0 Å². The van der Waals surface area contributed by atoms with Gasteiger partial charge < -0.3 is 10.6 Å². The van der Waals surface area contributed by atoms with Crippen LogP contribution in [0.15, 0.2) is 29.2 Å². The third-order valence-electron chi connectivity index (χ3n) is 4.77. The van der Waals surface area contributed by atoms with E-state index in [0.29, 0.717) is 39.5 Å². The highest BCUT2D eigenvalue weighted by Crippen LogP contribution is 2.23. The molecule has 0 bridgehead atoms. The molecule has 3 heterocycles. The Labute approximate surface area is 178 Å². The molecule has 1 atom stereocenters. The molecule has 0 aliphatic carbocycles. The lowest BCUT2D eigenvalue weighted by Crippen LogP contribution is -2.32. The summed E-state index contributed by atoms with van der Waals surface area (Å²) in [5, 5.41) is 11.9. The van der Waals surface area contributed by atoms with Gasteiger partial charge >= 0.3 is 0 Å². The first-order valence-corrected chi connectivity index (χ1v) is 9.70. The number of nitrogens with one attached hydrogen (secondary N) is 3. The zero-order valence-corrected chi connectivity index (χ0v) is 17.4. The van der Waals surface area contributed by atoms with Crippen molar-refractivity contribution in [1.29, 1.82) is 0 Å². The Morgan fingerprint density at radius 3 is 2.89 bits per heavy atom. The molecule has 0 amide bonds. The molecular weight excluding hydrogens is 423 g/mol. The van der Waals surface area contributed by atoms with Crippen molar-refractivity contribution in [2.24, 2.45) is 5.92 Å². The van der Waals surface area contributed by atoms with Gasteiger partial charge in [-0.05, 0) is 49.5 Å². The molecule has 1 unspecified atom stereocenters. The number of rotatable bonds is 5. The summed E-state index contributed by atoms with van der Waals surface area (Å²) in [7, 11) is 0. The third kappa shape index (κ3) is 4.60. The van der Waals surface area contributed by atoms with E-state index in [1.807, 2.05) is 6.07 Å². The largest absolute Gasteiger partial charge is 0.352 e. The second-order valence-electron chi connectivity index (χ2n) is 6.79. The number of benzene rings is 1. The number of nitrogens with zero attached hydrogens (tertiary/aromatic N) is 3. The summed E-state index contributed by atoms with van der Waals surface area (Å²) in [5.74, 6) is 0.881. The van der Waals surface area contributed by atoms with Gasteiger partial charge in [-0.3, -0.25) is 14.5 Å². The lowest BCUT2D eigenvalue weighted by atomic mass is 10.00. The van der Waals surface area contributed by atoms with E-state index in [4.69, 9.17) is 23.2 Å². The fourth-order valence-corrected chi connectivity index (χ4v) is 3.71. The number of H-pyrrole nitrogens is 1. The van der Waals surface area contributed by atoms with Gasteiger partial charge in [0, 0.05) is 13.1 Å². The first-order chi connectivity index (χ1) is 13.1. The number of aromatic amines is 1. The van der Waals surface area contributed by atoms with E-state index in [1.165, 1.54) is 0 Å². The lowest BCUT2D eigenvalue weighted by Gasteiger charge is -2.22. The van der Waals surface area contributed by atoms with Crippen LogP contribution in [-0.4, -0.2) is 32.8 Å². The minimum atomic E-state index is -0.196. The molecule has 3 aromatic rings. The standard InChI is InChI=1S/C18H20Cl2N6O.ClH/c19-13-4-3-11(6-14(13)20)8-22-18-24-15-9-23-26(16(15)17(27)25-18)10-12-2-1-5-21-7-12;/h3-4,6,9,12,21H,1-2,5,7-8,10H2,(H2,22,24,25,27);1H. The topological polar surface area (TPSA) is 87.6 Å². The van der Waals surface area contributed by atoms with Crippen molar-refractivity contribution in [1.82, 2.24) is 25.1 Å². The molecule has 150 valence electrons. The van der Waals surface area contributed by atoms with E-state index in [9.17, 15) is 4.79 Å². The molecule has 1 aromatic carbocycles. The Balaban J connectivity index is 0.00000225. The van der Waals surface area contributed by atoms with E-state index in [2.05, 4.69) is 25.7 Å². The van der Waals surface area contributed by atoms with Gasteiger partial charge in [0.1, 0.15) is 5.52 Å². The van der Waals surface area contributed by atoms with Gasteiger partial charge in [-0.2, -0.15) is 5.10 Å². The molecule has 0 radical (unpaired) electrons. The van der Waals surface area contributed by atoms with Crippen LogP contribution in [0, 0.1) is 5.92 Å². The number of halogens is 3. The van der Waals surface area contributed by atoms with Crippen LogP contribution in [-0.2, 0) is 13.1 Å². The first-order valence-electron chi connectivity index (χ1n) is 8.94. The quantitative estimate of drug-likeness (QED) is 0.562. The monoisotopic (exact) mass is 442 g/mol. The number of piperidine rings is 1. The van der Waals surface area contributed by atoms with Crippen molar-refractivity contribution in [3.8, 4) is 0 Å². The number of fused-ring (bicyclic) bond motifs is 1. The summed E-state index contributed by atoms with van der Waals surface area (Å²) in [6.07, 6.45) is 3.94. The second kappa shape index (κ2) is 9.13. The van der Waals surface area contributed by atoms with E-state index >= 15 is 0 Å². The molecular formula is C18H21Cl3N6O. The Morgan fingerprint density at radius 2 is 2.14 bits per heavy atom. The van der Waals surface area contributed by atoms with Crippen LogP contribution >= 0.6 is 35.6 Å². The summed E-state index contributed by atoms with van der Waals surface area (Å²) >= 11 is 12.0. The number of aromatic nitrogens is 4. The summed E-state index contributed by atoms with van der Waals surface area (Å²) in [6, 6.07) is 5.39. The molecule has 1 aliphatic heterocycles. The van der Waals surface area contributed by atoms with Crippen LogP contribution in [0.4, 0.5) is 5.95 Å². The van der Waals surface area contributed by atoms with Gasteiger partial charge in [-0.1, -0.05) is 29.3 Å². The summed E-state index contributed by atoms with van der Waals surface area (Å²) in [6.45, 7) is 3.20. The van der Waals surface area contributed by atoms with Gasteiger partial charge in [0.25, 0.3) is 5.56 Å². The van der Waals surface area contributed by atoms with Gasteiger partial charge in [-0.25, -0.2) is 4.98 Å². The van der Waals surface area contributed by atoms with E-state index in [1.54, 1.807) is 23.0 Å². The Bertz CT molecular complexity index is 1010. The molecule has 10 heteroatoms. The average Bonchev–Trinajstić information content (AvgIpc) is 3.07. The van der Waals surface area contributed by atoms with Gasteiger partial charge in [-0.15, -0.1) is 12.4 Å². The highest BCUT2D eigenvalue weighted by atomic mass is 35.5. The maximum Gasteiger partial charge on any atom is 0.278 e. The summed E-state index contributed by atoms with van der Waals surface area (Å²) in [4.78, 5) is 19.9. The molecule has 1 saturated heterocycles. The van der Waals surface area contributed by atoms with Crippen molar-refractivity contribution in [2.45, 2.75) is 25.9 Å². The van der Waals surface area contributed by atoms with Crippen LogP contribution < -0.4 is 16.2 Å². The molecule has 1 aliphatic rings. The summed E-state index contributed by atoms with van der Waals surface area (Å²) < 4.78 is 1.77. The fourth-order valence-electron chi connectivity index (χ4n) is 3.39. The normalized spacial score (nSPS) is 16.7. The van der Waals surface area contributed by atoms with Crippen LogP contribution in [0.1, 0.15) is 18.4 Å². The maximum absolute atomic E-state index is 12.6. The highest BCUT2D eigenvalue weighted by Gasteiger charge is 2.17. The minimum Gasteiger partial charge on any atom is -0.352 e. The van der Waals surface area contributed by atoms with Crippen molar-refractivity contribution in [3.05, 3.63) is 50.4 Å². The molecule has 4 rings (SSSR count). The van der Waals surface area contributed by atoms with Gasteiger partial charge in [0.05, 0.1) is 16.2 Å². The van der Waals surface area contributed by atoms with Gasteiger partial charge in [0.2, 0.25) is 5.95 Å². The predicted molar refractivity (Wildman–Crippen MR) is 115 cm³/mol. The molecule has 28 heavy (non-hydrogen) atoms. The van der Waals surface area contributed by atoms with E-state index in [-0.39, 0.29) is 18.0 Å². The highest BCUT2D eigenvalue weighted by molar-refractivity contribution is 6.42. The molecule has 0 spiro atoms. The van der Waals surface area contributed by atoms with Gasteiger partial charge in [0.15, 0.2) is 5.52 Å². The van der Waals surface area contributed by atoms with Crippen LogP contribution in [0.3, 0.4) is 0 Å². The average molecular weight is 444 g/mol. The Hall–Kier alpha value is -1.80. The predicted octanol–water partition coefficient (Wildman–Crippen LogP) is 3.46. The third-order valence-corrected chi connectivity index (χ3v) is 5.51. The molecule has 3 N–H and O–H groups in total. The van der Waals surface area contributed by atoms with Crippen LogP contribution in [0.5, 0.6) is 0 Å².